The fourth-order valence-electron chi connectivity index (χ4n) is 2.67. The number of carbonyl (C=O) groups is 1. The molecule has 0 atom stereocenters. The molecule has 0 saturated carbocycles. The van der Waals surface area contributed by atoms with Gasteiger partial charge in [-0.05, 0) is 44.0 Å². The second-order valence-corrected chi connectivity index (χ2v) is 6.16. The number of aryl methyl sites for hydroxylation is 2. The van der Waals surface area contributed by atoms with Gasteiger partial charge in [-0.3, -0.25) is 4.79 Å². The van der Waals surface area contributed by atoms with Crippen LogP contribution in [0.15, 0.2) is 18.2 Å². The molecule has 1 fully saturated rings. The Kier molecular flexibility index (Phi) is 9.76. The molecular weight excluding hydrogens is 326 g/mol. The number of rotatable bonds is 8. The van der Waals surface area contributed by atoms with E-state index in [2.05, 4.69) is 21.6 Å². The van der Waals surface area contributed by atoms with Gasteiger partial charge in [0.2, 0.25) is 5.91 Å². The number of amides is 1. The van der Waals surface area contributed by atoms with Gasteiger partial charge in [0, 0.05) is 32.7 Å². The second-order valence-electron chi connectivity index (χ2n) is 6.16. The summed E-state index contributed by atoms with van der Waals surface area (Å²) >= 11 is 0. The van der Waals surface area contributed by atoms with Gasteiger partial charge in [-0.15, -0.1) is 12.4 Å². The van der Waals surface area contributed by atoms with Crippen LogP contribution in [0.4, 0.5) is 0 Å². The van der Waals surface area contributed by atoms with E-state index in [1.54, 1.807) is 0 Å². The zero-order valence-electron chi connectivity index (χ0n) is 14.8. The lowest BCUT2D eigenvalue weighted by Gasteiger charge is -2.27. The normalized spacial score (nSPS) is 14.8. The SMILES string of the molecule is Cc1ccc(C)c(OCCC(=O)NCCCN2CCNCC2)c1.Cl. The van der Waals surface area contributed by atoms with Gasteiger partial charge in [-0.25, -0.2) is 0 Å². The fourth-order valence-corrected chi connectivity index (χ4v) is 2.67. The lowest BCUT2D eigenvalue weighted by atomic mass is 10.1. The topological polar surface area (TPSA) is 53.6 Å². The highest BCUT2D eigenvalue weighted by molar-refractivity contribution is 5.85. The molecule has 0 unspecified atom stereocenters. The molecule has 136 valence electrons. The molecule has 2 rings (SSSR count). The first-order valence-electron chi connectivity index (χ1n) is 8.55. The van der Waals surface area contributed by atoms with E-state index in [1.807, 2.05) is 26.0 Å². The summed E-state index contributed by atoms with van der Waals surface area (Å²) in [6.07, 6.45) is 1.41. The molecule has 2 N–H and O–H groups in total. The van der Waals surface area contributed by atoms with Crippen molar-refractivity contribution in [1.82, 2.24) is 15.5 Å². The maximum Gasteiger partial charge on any atom is 0.223 e. The number of piperazine rings is 1. The van der Waals surface area contributed by atoms with Crippen molar-refractivity contribution in [3.8, 4) is 5.75 Å². The number of benzene rings is 1. The smallest absolute Gasteiger partial charge is 0.223 e. The van der Waals surface area contributed by atoms with Gasteiger partial charge in [-0.2, -0.15) is 0 Å². The molecule has 1 aromatic rings. The van der Waals surface area contributed by atoms with E-state index in [4.69, 9.17) is 4.74 Å². The number of halogens is 1. The molecule has 1 amide bonds. The van der Waals surface area contributed by atoms with Crippen LogP contribution in [0, 0.1) is 13.8 Å². The zero-order valence-corrected chi connectivity index (χ0v) is 15.6. The summed E-state index contributed by atoms with van der Waals surface area (Å²) in [5, 5.41) is 6.32. The average Bonchev–Trinajstić information content (AvgIpc) is 2.56. The summed E-state index contributed by atoms with van der Waals surface area (Å²) in [6.45, 7) is 10.6. The highest BCUT2D eigenvalue weighted by Crippen LogP contribution is 2.19. The van der Waals surface area contributed by atoms with Gasteiger partial charge in [0.1, 0.15) is 5.75 Å². The van der Waals surface area contributed by atoms with Gasteiger partial charge >= 0.3 is 0 Å². The Morgan fingerprint density at radius 3 is 2.79 bits per heavy atom. The molecule has 6 heteroatoms. The Morgan fingerprint density at radius 1 is 1.29 bits per heavy atom. The van der Waals surface area contributed by atoms with Crippen LogP contribution in [0.3, 0.4) is 0 Å². The highest BCUT2D eigenvalue weighted by Gasteiger charge is 2.09. The maximum absolute atomic E-state index is 11.8. The molecule has 0 aromatic heterocycles. The molecule has 0 aliphatic carbocycles. The van der Waals surface area contributed by atoms with E-state index in [-0.39, 0.29) is 18.3 Å². The molecular formula is C18H30ClN3O2. The van der Waals surface area contributed by atoms with Crippen LogP contribution in [-0.4, -0.2) is 56.7 Å². The molecule has 1 heterocycles. The van der Waals surface area contributed by atoms with Crippen LogP contribution >= 0.6 is 12.4 Å². The van der Waals surface area contributed by atoms with Crippen LogP contribution in [0.2, 0.25) is 0 Å². The molecule has 0 bridgehead atoms. The van der Waals surface area contributed by atoms with Crippen molar-refractivity contribution in [3.05, 3.63) is 29.3 Å². The van der Waals surface area contributed by atoms with Crippen LogP contribution < -0.4 is 15.4 Å². The Bertz CT molecular complexity index is 505. The van der Waals surface area contributed by atoms with E-state index in [0.717, 1.165) is 57.0 Å². The molecule has 0 radical (unpaired) electrons. The predicted octanol–water partition coefficient (Wildman–Crippen LogP) is 1.91. The van der Waals surface area contributed by atoms with Crippen molar-refractivity contribution < 1.29 is 9.53 Å². The number of hydrogen-bond acceptors (Lipinski definition) is 4. The number of hydrogen-bond donors (Lipinski definition) is 2. The van der Waals surface area contributed by atoms with Crippen LogP contribution in [0.25, 0.3) is 0 Å². The van der Waals surface area contributed by atoms with Crippen LogP contribution in [-0.2, 0) is 4.79 Å². The van der Waals surface area contributed by atoms with Crippen molar-refractivity contribution in [1.29, 1.82) is 0 Å². The first kappa shape index (κ1) is 20.7. The van der Waals surface area contributed by atoms with E-state index in [0.29, 0.717) is 13.0 Å². The first-order valence-corrected chi connectivity index (χ1v) is 8.55. The van der Waals surface area contributed by atoms with E-state index < -0.39 is 0 Å². The third-order valence-corrected chi connectivity index (χ3v) is 4.11. The number of ether oxygens (including phenoxy) is 1. The van der Waals surface area contributed by atoms with Gasteiger partial charge in [0.25, 0.3) is 0 Å². The summed E-state index contributed by atoms with van der Waals surface area (Å²) < 4.78 is 5.71. The first-order chi connectivity index (χ1) is 11.1. The Labute approximate surface area is 151 Å². The van der Waals surface area contributed by atoms with Crippen molar-refractivity contribution in [2.45, 2.75) is 26.7 Å². The highest BCUT2D eigenvalue weighted by atomic mass is 35.5. The summed E-state index contributed by atoms with van der Waals surface area (Å²) in [5.41, 5.74) is 2.27. The van der Waals surface area contributed by atoms with Crippen LogP contribution in [0.5, 0.6) is 5.75 Å². The quantitative estimate of drug-likeness (QED) is 0.699. The fraction of sp³-hybridized carbons (Fsp3) is 0.611. The average molecular weight is 356 g/mol. The van der Waals surface area contributed by atoms with Gasteiger partial charge in [0.05, 0.1) is 13.0 Å². The third-order valence-electron chi connectivity index (χ3n) is 4.11. The lowest BCUT2D eigenvalue weighted by Crippen LogP contribution is -2.44. The molecule has 1 aliphatic heterocycles. The number of nitrogens with zero attached hydrogens (tertiary/aromatic N) is 1. The van der Waals surface area contributed by atoms with Crippen molar-refractivity contribution in [2.24, 2.45) is 0 Å². The molecule has 1 aliphatic rings. The van der Waals surface area contributed by atoms with Gasteiger partial charge in [0.15, 0.2) is 0 Å². The minimum atomic E-state index is 0. The molecule has 5 nitrogen and oxygen atoms in total. The van der Waals surface area contributed by atoms with Gasteiger partial charge in [-0.1, -0.05) is 12.1 Å². The minimum Gasteiger partial charge on any atom is -0.493 e. The van der Waals surface area contributed by atoms with Crippen molar-refractivity contribution in [3.63, 3.8) is 0 Å². The molecule has 1 aromatic carbocycles. The predicted molar refractivity (Wildman–Crippen MR) is 100 cm³/mol. The Hall–Kier alpha value is -1.30. The zero-order chi connectivity index (χ0) is 16.5. The van der Waals surface area contributed by atoms with E-state index in [1.165, 1.54) is 5.56 Å². The van der Waals surface area contributed by atoms with Crippen molar-refractivity contribution in [2.75, 3.05) is 45.9 Å². The molecule has 24 heavy (non-hydrogen) atoms. The van der Waals surface area contributed by atoms with Crippen molar-refractivity contribution >= 4 is 18.3 Å². The van der Waals surface area contributed by atoms with E-state index >= 15 is 0 Å². The minimum absolute atomic E-state index is 0. The Balaban J connectivity index is 0.00000288. The van der Waals surface area contributed by atoms with Crippen LogP contribution in [0.1, 0.15) is 24.0 Å². The monoisotopic (exact) mass is 355 g/mol. The number of carbonyl (C=O) groups excluding carboxylic acids is 1. The maximum atomic E-state index is 11.8. The summed E-state index contributed by atoms with van der Waals surface area (Å²) in [6, 6.07) is 6.12. The van der Waals surface area contributed by atoms with E-state index in [9.17, 15) is 4.79 Å². The Morgan fingerprint density at radius 2 is 2.04 bits per heavy atom. The summed E-state index contributed by atoms with van der Waals surface area (Å²) in [7, 11) is 0. The summed E-state index contributed by atoms with van der Waals surface area (Å²) in [5.74, 6) is 0.937. The summed E-state index contributed by atoms with van der Waals surface area (Å²) in [4.78, 5) is 14.3. The largest absolute Gasteiger partial charge is 0.493 e. The third kappa shape index (κ3) is 7.51. The molecule has 0 spiro atoms. The van der Waals surface area contributed by atoms with Gasteiger partial charge < -0.3 is 20.3 Å². The number of nitrogens with one attached hydrogen (secondary N) is 2. The standard InChI is InChI=1S/C18H29N3O2.ClH/c1-15-4-5-16(2)17(14-15)23-13-6-18(22)20-7-3-10-21-11-8-19-9-12-21;/h4-5,14,19H,3,6-13H2,1-2H3,(H,20,22);1H. The second kappa shape index (κ2) is 11.3. The lowest BCUT2D eigenvalue weighted by molar-refractivity contribution is -0.121. The molecule has 1 saturated heterocycles.